The Bertz CT molecular complexity index is 454. The molecule has 0 radical (unpaired) electrons. The third-order valence-corrected chi connectivity index (χ3v) is 4.70. The fourth-order valence-corrected chi connectivity index (χ4v) is 3.56. The molecule has 0 aliphatic carbocycles. The summed E-state index contributed by atoms with van der Waals surface area (Å²) in [5, 5.41) is 6.50. The van der Waals surface area contributed by atoms with E-state index in [1.165, 1.54) is 0 Å². The SMILES string of the molecule is C[C@H](NC(=O)C1CCCN1C1CCNCC1)c1ccco1. The number of carbonyl (C=O) groups excluding carboxylic acids is 1. The highest BCUT2D eigenvalue weighted by Gasteiger charge is 2.36. The van der Waals surface area contributed by atoms with Crippen molar-refractivity contribution in [3.8, 4) is 0 Å². The predicted molar refractivity (Wildman–Crippen MR) is 80.9 cm³/mol. The van der Waals surface area contributed by atoms with Crippen LogP contribution in [0.2, 0.25) is 0 Å². The smallest absolute Gasteiger partial charge is 0.237 e. The second kappa shape index (κ2) is 6.62. The van der Waals surface area contributed by atoms with Crippen molar-refractivity contribution in [2.45, 2.75) is 50.7 Å². The molecule has 2 atom stereocenters. The quantitative estimate of drug-likeness (QED) is 0.886. The van der Waals surface area contributed by atoms with Crippen molar-refractivity contribution in [2.24, 2.45) is 0 Å². The first-order chi connectivity index (χ1) is 10.3. The molecule has 116 valence electrons. The van der Waals surface area contributed by atoms with Crippen molar-refractivity contribution < 1.29 is 9.21 Å². The Morgan fingerprint density at radius 1 is 1.43 bits per heavy atom. The molecular formula is C16H25N3O2. The Morgan fingerprint density at radius 3 is 2.95 bits per heavy atom. The second-order valence-electron chi connectivity index (χ2n) is 6.12. The maximum absolute atomic E-state index is 12.6. The second-order valence-corrected chi connectivity index (χ2v) is 6.12. The zero-order chi connectivity index (χ0) is 14.7. The molecule has 1 aromatic heterocycles. The first kappa shape index (κ1) is 14.6. The number of rotatable bonds is 4. The van der Waals surface area contributed by atoms with E-state index in [1.807, 2.05) is 19.1 Å². The molecule has 2 aliphatic heterocycles. The average Bonchev–Trinajstić information content (AvgIpc) is 3.19. The Balaban J connectivity index is 1.60. The lowest BCUT2D eigenvalue weighted by Gasteiger charge is -2.35. The van der Waals surface area contributed by atoms with Gasteiger partial charge in [-0.3, -0.25) is 9.69 Å². The third-order valence-electron chi connectivity index (χ3n) is 4.70. The monoisotopic (exact) mass is 291 g/mol. The van der Waals surface area contributed by atoms with Gasteiger partial charge in [0.1, 0.15) is 5.76 Å². The van der Waals surface area contributed by atoms with E-state index in [4.69, 9.17) is 4.42 Å². The maximum atomic E-state index is 12.6. The Kier molecular flexibility index (Phi) is 4.60. The number of carbonyl (C=O) groups is 1. The zero-order valence-corrected chi connectivity index (χ0v) is 12.7. The van der Waals surface area contributed by atoms with Crippen LogP contribution in [0.3, 0.4) is 0 Å². The van der Waals surface area contributed by atoms with Crippen LogP contribution in [0, 0.1) is 0 Å². The van der Waals surface area contributed by atoms with Crippen LogP contribution < -0.4 is 10.6 Å². The molecule has 5 heteroatoms. The van der Waals surface area contributed by atoms with Crippen molar-refractivity contribution in [2.75, 3.05) is 19.6 Å². The summed E-state index contributed by atoms with van der Waals surface area (Å²) in [7, 11) is 0. The number of furan rings is 1. The zero-order valence-electron chi connectivity index (χ0n) is 12.7. The minimum atomic E-state index is -0.0667. The van der Waals surface area contributed by atoms with Crippen molar-refractivity contribution in [1.82, 2.24) is 15.5 Å². The van der Waals surface area contributed by atoms with Crippen LogP contribution in [0.4, 0.5) is 0 Å². The van der Waals surface area contributed by atoms with E-state index < -0.39 is 0 Å². The summed E-state index contributed by atoms with van der Waals surface area (Å²) >= 11 is 0. The van der Waals surface area contributed by atoms with Crippen LogP contribution in [0.5, 0.6) is 0 Å². The Hall–Kier alpha value is -1.33. The fraction of sp³-hybridized carbons (Fsp3) is 0.688. The van der Waals surface area contributed by atoms with Gasteiger partial charge in [-0.2, -0.15) is 0 Å². The Morgan fingerprint density at radius 2 is 2.24 bits per heavy atom. The van der Waals surface area contributed by atoms with Gasteiger partial charge in [-0.25, -0.2) is 0 Å². The lowest BCUT2D eigenvalue weighted by atomic mass is 10.0. The molecule has 2 saturated heterocycles. The van der Waals surface area contributed by atoms with Crippen LogP contribution in [0.25, 0.3) is 0 Å². The van der Waals surface area contributed by atoms with Gasteiger partial charge >= 0.3 is 0 Å². The molecule has 0 saturated carbocycles. The van der Waals surface area contributed by atoms with E-state index in [0.29, 0.717) is 6.04 Å². The van der Waals surface area contributed by atoms with E-state index in [9.17, 15) is 4.79 Å². The van der Waals surface area contributed by atoms with Gasteiger partial charge in [-0.1, -0.05) is 0 Å². The molecule has 2 aliphatic rings. The highest BCUT2D eigenvalue weighted by Crippen LogP contribution is 2.25. The van der Waals surface area contributed by atoms with E-state index in [1.54, 1.807) is 6.26 Å². The minimum absolute atomic E-state index is 0.0329. The maximum Gasteiger partial charge on any atom is 0.237 e. The van der Waals surface area contributed by atoms with Gasteiger partial charge < -0.3 is 15.1 Å². The predicted octanol–water partition coefficient (Wildman–Crippen LogP) is 1.67. The molecule has 0 bridgehead atoms. The average molecular weight is 291 g/mol. The van der Waals surface area contributed by atoms with Crippen molar-refractivity contribution in [3.63, 3.8) is 0 Å². The molecule has 0 aromatic carbocycles. The summed E-state index contributed by atoms with van der Waals surface area (Å²) in [5.74, 6) is 0.963. The first-order valence-electron chi connectivity index (χ1n) is 8.06. The molecule has 3 rings (SSSR count). The number of nitrogens with zero attached hydrogens (tertiary/aromatic N) is 1. The largest absolute Gasteiger partial charge is 0.467 e. The number of hydrogen-bond donors (Lipinski definition) is 2. The van der Waals surface area contributed by atoms with Crippen LogP contribution in [0.15, 0.2) is 22.8 Å². The summed E-state index contributed by atoms with van der Waals surface area (Å²) < 4.78 is 5.37. The number of amides is 1. The van der Waals surface area contributed by atoms with Gasteiger partial charge in [0.05, 0.1) is 18.3 Å². The topological polar surface area (TPSA) is 57.5 Å². The van der Waals surface area contributed by atoms with Gasteiger partial charge in [-0.15, -0.1) is 0 Å². The fourth-order valence-electron chi connectivity index (χ4n) is 3.56. The van der Waals surface area contributed by atoms with E-state index in [0.717, 1.165) is 51.1 Å². The third kappa shape index (κ3) is 3.30. The molecule has 0 spiro atoms. The highest BCUT2D eigenvalue weighted by molar-refractivity contribution is 5.82. The molecule has 1 unspecified atom stereocenters. The molecule has 2 N–H and O–H groups in total. The molecular weight excluding hydrogens is 266 g/mol. The molecule has 21 heavy (non-hydrogen) atoms. The van der Waals surface area contributed by atoms with Crippen LogP contribution in [-0.4, -0.2) is 42.5 Å². The number of nitrogens with one attached hydrogen (secondary N) is 2. The van der Waals surface area contributed by atoms with E-state index in [-0.39, 0.29) is 18.0 Å². The summed E-state index contributed by atoms with van der Waals surface area (Å²) in [6.45, 7) is 5.16. The van der Waals surface area contributed by atoms with Gasteiger partial charge in [0, 0.05) is 6.04 Å². The molecule has 1 aromatic rings. The molecule has 1 amide bonds. The number of likely N-dealkylation sites (tertiary alicyclic amines) is 1. The minimum Gasteiger partial charge on any atom is -0.467 e. The molecule has 3 heterocycles. The van der Waals surface area contributed by atoms with Crippen LogP contribution >= 0.6 is 0 Å². The van der Waals surface area contributed by atoms with Crippen molar-refractivity contribution in [1.29, 1.82) is 0 Å². The van der Waals surface area contributed by atoms with E-state index in [2.05, 4.69) is 15.5 Å². The molecule has 5 nitrogen and oxygen atoms in total. The number of hydrogen-bond acceptors (Lipinski definition) is 4. The Labute approximate surface area is 126 Å². The van der Waals surface area contributed by atoms with Gasteiger partial charge in [-0.05, 0) is 64.4 Å². The van der Waals surface area contributed by atoms with Gasteiger partial charge in [0.2, 0.25) is 5.91 Å². The van der Waals surface area contributed by atoms with Gasteiger partial charge in [0.25, 0.3) is 0 Å². The summed E-state index contributed by atoms with van der Waals surface area (Å²) in [6, 6.07) is 4.29. The summed E-state index contributed by atoms with van der Waals surface area (Å²) in [4.78, 5) is 15.0. The summed E-state index contributed by atoms with van der Waals surface area (Å²) in [5.41, 5.74) is 0. The highest BCUT2D eigenvalue weighted by atomic mass is 16.3. The first-order valence-corrected chi connectivity index (χ1v) is 8.06. The van der Waals surface area contributed by atoms with Crippen molar-refractivity contribution in [3.05, 3.63) is 24.2 Å². The lowest BCUT2D eigenvalue weighted by molar-refractivity contribution is -0.127. The van der Waals surface area contributed by atoms with E-state index >= 15 is 0 Å². The molecule has 2 fully saturated rings. The van der Waals surface area contributed by atoms with Crippen molar-refractivity contribution >= 4 is 5.91 Å². The van der Waals surface area contributed by atoms with Gasteiger partial charge in [0.15, 0.2) is 0 Å². The van der Waals surface area contributed by atoms with Crippen LogP contribution in [-0.2, 0) is 4.79 Å². The summed E-state index contributed by atoms with van der Waals surface area (Å²) in [6.07, 6.45) is 6.04. The number of piperidine rings is 1. The normalized spacial score (nSPS) is 25.9. The van der Waals surface area contributed by atoms with Crippen LogP contribution in [0.1, 0.15) is 44.4 Å². The standard InChI is InChI=1S/C16H25N3O2/c1-12(15-5-3-11-21-15)18-16(20)14-4-2-10-19(14)13-6-8-17-9-7-13/h3,5,11-14,17H,2,4,6-10H2,1H3,(H,18,20)/t12-,14?/m0/s1. The lowest BCUT2D eigenvalue weighted by Crippen LogP contribution is -2.51.